The van der Waals surface area contributed by atoms with E-state index < -0.39 is 0 Å². The molecule has 1 atom stereocenters. The molecule has 2 N–H and O–H groups in total. The van der Waals surface area contributed by atoms with Crippen LogP contribution in [0.3, 0.4) is 0 Å². The Labute approximate surface area is 193 Å². The molecule has 3 heterocycles. The van der Waals surface area contributed by atoms with Crippen molar-refractivity contribution in [3.63, 3.8) is 0 Å². The van der Waals surface area contributed by atoms with Gasteiger partial charge >= 0.3 is 0 Å². The lowest BCUT2D eigenvalue weighted by molar-refractivity contribution is -0.133. The summed E-state index contributed by atoms with van der Waals surface area (Å²) in [6, 6.07) is 0.276. The molecule has 1 amide bonds. The second-order valence-electron chi connectivity index (χ2n) is 8.79. The molecule has 29 heavy (non-hydrogen) atoms. The summed E-state index contributed by atoms with van der Waals surface area (Å²) in [7, 11) is 0. The maximum absolute atomic E-state index is 12.3. The molecule has 168 valence electrons. The van der Waals surface area contributed by atoms with Gasteiger partial charge in [-0.1, -0.05) is 13.8 Å². The van der Waals surface area contributed by atoms with Crippen LogP contribution in [0, 0.1) is 5.92 Å². The highest BCUT2D eigenvalue weighted by atomic mass is 127. The standard InChI is InChI=1S/C21H39N5O2.HI/c1-4-22-20(24-18-7-12-25(15-18)19(27)17(2)3)23-16-21(8-13-28-14-9-21)26-10-5-6-11-26;/h17-18H,4-16H2,1-3H3,(H2,22,23,24);1H. The van der Waals surface area contributed by atoms with Crippen LogP contribution in [0.1, 0.15) is 52.9 Å². The minimum absolute atomic E-state index is 0. The molecule has 8 heteroatoms. The average molecular weight is 521 g/mol. The number of carbonyl (C=O) groups excluding carboxylic acids is 1. The predicted octanol–water partition coefficient (Wildman–Crippen LogP) is 2.06. The van der Waals surface area contributed by atoms with Gasteiger partial charge in [-0.3, -0.25) is 14.7 Å². The van der Waals surface area contributed by atoms with E-state index in [9.17, 15) is 4.79 Å². The third-order valence-electron chi connectivity index (χ3n) is 6.41. The highest BCUT2D eigenvalue weighted by Gasteiger charge is 2.39. The second kappa shape index (κ2) is 11.7. The van der Waals surface area contributed by atoms with Gasteiger partial charge in [-0.2, -0.15) is 0 Å². The SMILES string of the molecule is CCNC(=NCC1(N2CCCC2)CCOCC1)NC1CCN(C(=O)C(C)C)C1.I. The topological polar surface area (TPSA) is 69.2 Å². The van der Waals surface area contributed by atoms with Crippen LogP contribution < -0.4 is 10.6 Å². The van der Waals surface area contributed by atoms with Crippen molar-refractivity contribution in [3.05, 3.63) is 0 Å². The summed E-state index contributed by atoms with van der Waals surface area (Å²) >= 11 is 0. The lowest BCUT2D eigenvalue weighted by Gasteiger charge is -2.43. The summed E-state index contributed by atoms with van der Waals surface area (Å²) in [5.41, 5.74) is 0.145. The molecule has 0 aromatic heterocycles. The molecule has 3 aliphatic rings. The Hall–Kier alpha value is -0.610. The molecule has 0 saturated carbocycles. The van der Waals surface area contributed by atoms with Gasteiger partial charge in [-0.25, -0.2) is 0 Å². The van der Waals surface area contributed by atoms with Gasteiger partial charge in [-0.15, -0.1) is 24.0 Å². The first kappa shape index (κ1) is 24.7. The molecule has 0 bridgehead atoms. The van der Waals surface area contributed by atoms with Crippen LogP contribution in [-0.4, -0.2) is 85.7 Å². The predicted molar refractivity (Wildman–Crippen MR) is 128 cm³/mol. The first-order valence-corrected chi connectivity index (χ1v) is 11.2. The molecular weight excluding hydrogens is 481 g/mol. The molecule has 3 saturated heterocycles. The van der Waals surface area contributed by atoms with Gasteiger partial charge in [0, 0.05) is 50.3 Å². The second-order valence-corrected chi connectivity index (χ2v) is 8.79. The number of nitrogens with zero attached hydrogens (tertiary/aromatic N) is 3. The fourth-order valence-electron chi connectivity index (χ4n) is 4.70. The normalized spacial score (nSPS) is 25.2. The monoisotopic (exact) mass is 521 g/mol. The van der Waals surface area contributed by atoms with E-state index in [1.165, 1.54) is 25.9 Å². The summed E-state index contributed by atoms with van der Waals surface area (Å²) in [5, 5.41) is 6.99. The zero-order valence-electron chi connectivity index (χ0n) is 18.4. The number of rotatable bonds is 6. The van der Waals surface area contributed by atoms with E-state index in [0.717, 1.165) is 64.6 Å². The minimum atomic E-state index is 0. The van der Waals surface area contributed by atoms with Crippen molar-refractivity contribution in [1.82, 2.24) is 20.4 Å². The van der Waals surface area contributed by atoms with E-state index >= 15 is 0 Å². The average Bonchev–Trinajstić information content (AvgIpc) is 3.39. The first-order valence-electron chi connectivity index (χ1n) is 11.2. The van der Waals surface area contributed by atoms with Gasteiger partial charge in [0.05, 0.1) is 6.54 Å². The van der Waals surface area contributed by atoms with E-state index in [-0.39, 0.29) is 47.4 Å². The summed E-state index contributed by atoms with van der Waals surface area (Å²) in [5.74, 6) is 1.20. The van der Waals surface area contributed by atoms with E-state index in [2.05, 4.69) is 22.5 Å². The Balaban J connectivity index is 0.00000300. The fourth-order valence-corrected chi connectivity index (χ4v) is 4.70. The molecule has 3 rings (SSSR count). The van der Waals surface area contributed by atoms with Crippen molar-refractivity contribution in [1.29, 1.82) is 0 Å². The Morgan fingerprint density at radius 1 is 1.21 bits per heavy atom. The zero-order valence-corrected chi connectivity index (χ0v) is 20.7. The maximum Gasteiger partial charge on any atom is 0.225 e. The van der Waals surface area contributed by atoms with Crippen molar-refractivity contribution in [2.75, 3.05) is 52.5 Å². The molecule has 0 aromatic carbocycles. The Morgan fingerprint density at radius 3 is 2.52 bits per heavy atom. The number of guanidine groups is 1. The molecule has 0 radical (unpaired) electrons. The largest absolute Gasteiger partial charge is 0.381 e. The van der Waals surface area contributed by atoms with Crippen LogP contribution in [0.25, 0.3) is 0 Å². The molecule has 0 aromatic rings. The molecule has 0 aliphatic carbocycles. The number of halogens is 1. The van der Waals surface area contributed by atoms with E-state index in [4.69, 9.17) is 9.73 Å². The Morgan fingerprint density at radius 2 is 1.90 bits per heavy atom. The van der Waals surface area contributed by atoms with Crippen LogP contribution >= 0.6 is 24.0 Å². The Bertz CT molecular complexity index is 545. The lowest BCUT2D eigenvalue weighted by Crippen LogP contribution is -2.54. The number of ether oxygens (including phenoxy) is 1. The van der Waals surface area contributed by atoms with Crippen molar-refractivity contribution in [2.45, 2.75) is 64.5 Å². The number of hydrogen-bond donors (Lipinski definition) is 2. The maximum atomic E-state index is 12.3. The van der Waals surface area contributed by atoms with Crippen LogP contribution in [-0.2, 0) is 9.53 Å². The number of nitrogens with one attached hydrogen (secondary N) is 2. The quantitative estimate of drug-likeness (QED) is 0.318. The first-order chi connectivity index (χ1) is 13.5. The van der Waals surface area contributed by atoms with E-state index in [1.807, 2.05) is 18.7 Å². The zero-order chi connectivity index (χ0) is 20.0. The van der Waals surface area contributed by atoms with Gasteiger partial charge < -0.3 is 20.3 Å². The minimum Gasteiger partial charge on any atom is -0.381 e. The summed E-state index contributed by atoms with van der Waals surface area (Å²) in [6.07, 6.45) is 5.71. The fraction of sp³-hybridized carbons (Fsp3) is 0.905. The number of carbonyl (C=O) groups is 1. The summed E-state index contributed by atoms with van der Waals surface area (Å²) < 4.78 is 5.66. The van der Waals surface area contributed by atoms with Gasteiger partial charge in [-0.05, 0) is 52.1 Å². The number of aliphatic imine (C=N–C) groups is 1. The van der Waals surface area contributed by atoms with Gasteiger partial charge in [0.25, 0.3) is 0 Å². The molecule has 1 unspecified atom stereocenters. The van der Waals surface area contributed by atoms with Crippen LogP contribution in [0.2, 0.25) is 0 Å². The number of hydrogen-bond acceptors (Lipinski definition) is 4. The highest BCUT2D eigenvalue weighted by Crippen LogP contribution is 2.31. The van der Waals surface area contributed by atoms with E-state index in [0.29, 0.717) is 0 Å². The van der Waals surface area contributed by atoms with Gasteiger partial charge in [0.15, 0.2) is 5.96 Å². The van der Waals surface area contributed by atoms with Gasteiger partial charge in [0.2, 0.25) is 5.91 Å². The van der Waals surface area contributed by atoms with E-state index in [1.54, 1.807) is 0 Å². The third kappa shape index (κ3) is 6.43. The van der Waals surface area contributed by atoms with Crippen molar-refractivity contribution in [3.8, 4) is 0 Å². The molecule has 0 spiro atoms. The smallest absolute Gasteiger partial charge is 0.225 e. The number of amides is 1. The molecule has 3 aliphatic heterocycles. The summed E-state index contributed by atoms with van der Waals surface area (Å²) in [6.45, 7) is 13.4. The number of likely N-dealkylation sites (tertiary alicyclic amines) is 2. The molecular formula is C21H40IN5O2. The highest BCUT2D eigenvalue weighted by molar-refractivity contribution is 14.0. The lowest BCUT2D eigenvalue weighted by atomic mass is 9.88. The van der Waals surface area contributed by atoms with Crippen molar-refractivity contribution >= 4 is 35.8 Å². The summed E-state index contributed by atoms with van der Waals surface area (Å²) in [4.78, 5) is 21.9. The molecule has 3 fully saturated rings. The van der Waals surface area contributed by atoms with Crippen molar-refractivity contribution < 1.29 is 9.53 Å². The Kier molecular flexibility index (Phi) is 9.94. The van der Waals surface area contributed by atoms with Crippen molar-refractivity contribution in [2.24, 2.45) is 10.9 Å². The molecule has 7 nitrogen and oxygen atoms in total. The van der Waals surface area contributed by atoms with Crippen LogP contribution in [0.5, 0.6) is 0 Å². The van der Waals surface area contributed by atoms with Gasteiger partial charge in [0.1, 0.15) is 0 Å². The van der Waals surface area contributed by atoms with Crippen LogP contribution in [0.4, 0.5) is 0 Å². The third-order valence-corrected chi connectivity index (χ3v) is 6.41. The van der Waals surface area contributed by atoms with Crippen LogP contribution in [0.15, 0.2) is 4.99 Å².